The molecule has 2 rings (SSSR count). The molecular formula is C17H24N2O3. The summed E-state index contributed by atoms with van der Waals surface area (Å²) in [6.07, 6.45) is 1.75. The number of carbonyl (C=O) groups excluding carboxylic acids is 2. The minimum atomic E-state index is -0.315. The summed E-state index contributed by atoms with van der Waals surface area (Å²) in [6.45, 7) is 4.93. The largest absolute Gasteiger partial charge is 0.393 e. The van der Waals surface area contributed by atoms with E-state index in [1.807, 2.05) is 11.8 Å². The van der Waals surface area contributed by atoms with Gasteiger partial charge in [-0.15, -0.1) is 0 Å². The van der Waals surface area contributed by atoms with Crippen LogP contribution in [0, 0.1) is 5.92 Å². The predicted octanol–water partition coefficient (Wildman–Crippen LogP) is 2.27. The van der Waals surface area contributed by atoms with Gasteiger partial charge in [-0.3, -0.25) is 9.59 Å². The number of carbonyl (C=O) groups is 2. The fraction of sp³-hybridized carbons (Fsp3) is 0.529. The number of anilines is 1. The minimum Gasteiger partial charge on any atom is -0.393 e. The summed E-state index contributed by atoms with van der Waals surface area (Å²) in [5.74, 6) is 0.193. The Bertz CT molecular complexity index is 534. The van der Waals surface area contributed by atoms with Crippen LogP contribution in [-0.2, 0) is 4.79 Å². The Balaban J connectivity index is 2.01. The fourth-order valence-corrected chi connectivity index (χ4v) is 2.75. The maximum atomic E-state index is 12.5. The Morgan fingerprint density at radius 2 is 2.05 bits per heavy atom. The van der Waals surface area contributed by atoms with Gasteiger partial charge < -0.3 is 15.3 Å². The highest BCUT2D eigenvalue weighted by atomic mass is 16.3. The highest BCUT2D eigenvalue weighted by Gasteiger charge is 2.26. The number of nitrogens with one attached hydrogen (secondary N) is 1. The maximum absolute atomic E-state index is 12.5. The van der Waals surface area contributed by atoms with E-state index in [1.165, 1.54) is 0 Å². The van der Waals surface area contributed by atoms with E-state index in [0.29, 0.717) is 30.8 Å². The van der Waals surface area contributed by atoms with Crippen LogP contribution in [-0.4, -0.2) is 41.0 Å². The van der Waals surface area contributed by atoms with Crippen LogP contribution in [0.3, 0.4) is 0 Å². The quantitative estimate of drug-likeness (QED) is 0.896. The summed E-state index contributed by atoms with van der Waals surface area (Å²) in [6, 6.07) is 7.05. The van der Waals surface area contributed by atoms with Crippen molar-refractivity contribution >= 4 is 17.5 Å². The summed E-state index contributed by atoms with van der Waals surface area (Å²) >= 11 is 0. The highest BCUT2D eigenvalue weighted by molar-refractivity contribution is 5.97. The van der Waals surface area contributed by atoms with Crippen molar-refractivity contribution in [3.8, 4) is 0 Å². The summed E-state index contributed by atoms with van der Waals surface area (Å²) < 4.78 is 0. The first-order valence-electron chi connectivity index (χ1n) is 7.88. The molecule has 0 saturated carbocycles. The van der Waals surface area contributed by atoms with Crippen molar-refractivity contribution in [2.24, 2.45) is 5.92 Å². The Kier molecular flexibility index (Phi) is 5.55. The van der Waals surface area contributed by atoms with E-state index in [1.54, 1.807) is 31.2 Å². The number of rotatable bonds is 4. The zero-order valence-electron chi connectivity index (χ0n) is 13.2. The topological polar surface area (TPSA) is 69.6 Å². The molecule has 0 aromatic heterocycles. The fourth-order valence-electron chi connectivity index (χ4n) is 2.75. The Morgan fingerprint density at radius 3 is 2.64 bits per heavy atom. The van der Waals surface area contributed by atoms with E-state index in [0.717, 1.165) is 12.8 Å². The number of nitrogens with zero attached hydrogens (tertiary/aromatic N) is 1. The number of aliphatic hydroxyl groups excluding tert-OH is 1. The van der Waals surface area contributed by atoms with Gasteiger partial charge in [-0.1, -0.05) is 13.0 Å². The molecule has 2 N–H and O–H groups in total. The van der Waals surface area contributed by atoms with Crippen LogP contribution in [0.4, 0.5) is 5.69 Å². The molecule has 1 aliphatic heterocycles. The number of hydrogen-bond acceptors (Lipinski definition) is 3. The van der Waals surface area contributed by atoms with Crippen LogP contribution in [0.5, 0.6) is 0 Å². The van der Waals surface area contributed by atoms with Crippen LogP contribution in [0.1, 0.15) is 43.5 Å². The number of aliphatic hydroxyl groups is 1. The van der Waals surface area contributed by atoms with Crippen molar-refractivity contribution < 1.29 is 14.7 Å². The SMILES string of the molecule is CCC(=O)Nc1cccc(C(=O)N2CCC(C(C)O)CC2)c1. The van der Waals surface area contributed by atoms with Crippen LogP contribution >= 0.6 is 0 Å². The van der Waals surface area contributed by atoms with Gasteiger partial charge in [0.25, 0.3) is 5.91 Å². The smallest absolute Gasteiger partial charge is 0.253 e. The number of hydrogen-bond donors (Lipinski definition) is 2. The predicted molar refractivity (Wildman–Crippen MR) is 85.7 cm³/mol. The van der Waals surface area contributed by atoms with Crippen molar-refractivity contribution in [3.05, 3.63) is 29.8 Å². The molecule has 1 fully saturated rings. The van der Waals surface area contributed by atoms with Gasteiger partial charge in [-0.25, -0.2) is 0 Å². The molecule has 0 bridgehead atoms. The Hall–Kier alpha value is -1.88. The molecular weight excluding hydrogens is 280 g/mol. The molecule has 5 heteroatoms. The molecule has 1 unspecified atom stereocenters. The molecule has 1 saturated heterocycles. The third-order valence-corrected chi connectivity index (χ3v) is 4.22. The lowest BCUT2D eigenvalue weighted by molar-refractivity contribution is -0.115. The minimum absolute atomic E-state index is 0.0170. The van der Waals surface area contributed by atoms with Gasteiger partial charge in [0.15, 0.2) is 0 Å². The number of benzene rings is 1. The van der Waals surface area contributed by atoms with Crippen molar-refractivity contribution in [1.29, 1.82) is 0 Å². The molecule has 0 aliphatic carbocycles. The van der Waals surface area contributed by atoms with Gasteiger partial charge in [-0.2, -0.15) is 0 Å². The van der Waals surface area contributed by atoms with Gasteiger partial charge in [-0.05, 0) is 43.9 Å². The summed E-state index contributed by atoms with van der Waals surface area (Å²) in [5.41, 5.74) is 1.24. The standard InChI is InChI=1S/C17H24N2O3/c1-3-16(21)18-15-6-4-5-14(11-15)17(22)19-9-7-13(8-10-19)12(2)20/h4-6,11-13,20H,3,7-10H2,1-2H3,(H,18,21). The molecule has 0 spiro atoms. The van der Waals surface area contributed by atoms with Crippen molar-refractivity contribution in [1.82, 2.24) is 4.90 Å². The van der Waals surface area contributed by atoms with Gasteiger partial charge in [0.2, 0.25) is 5.91 Å². The summed E-state index contributed by atoms with van der Waals surface area (Å²) in [4.78, 5) is 25.8. The Labute approximate surface area is 131 Å². The zero-order chi connectivity index (χ0) is 16.1. The average molecular weight is 304 g/mol. The molecule has 0 radical (unpaired) electrons. The first kappa shape index (κ1) is 16.5. The zero-order valence-corrected chi connectivity index (χ0v) is 13.2. The number of likely N-dealkylation sites (tertiary alicyclic amines) is 1. The highest BCUT2D eigenvalue weighted by Crippen LogP contribution is 2.22. The normalized spacial score (nSPS) is 17.1. The lowest BCUT2D eigenvalue weighted by atomic mass is 9.92. The number of piperidine rings is 1. The van der Waals surface area contributed by atoms with Crippen LogP contribution < -0.4 is 5.32 Å². The van der Waals surface area contributed by atoms with E-state index < -0.39 is 0 Å². The van der Waals surface area contributed by atoms with E-state index >= 15 is 0 Å². The van der Waals surface area contributed by atoms with E-state index in [-0.39, 0.29) is 23.8 Å². The molecule has 1 heterocycles. The first-order chi connectivity index (χ1) is 10.5. The summed E-state index contributed by atoms with van der Waals surface area (Å²) in [5, 5.41) is 12.4. The molecule has 2 amide bonds. The molecule has 1 aromatic rings. The maximum Gasteiger partial charge on any atom is 0.253 e. The van der Waals surface area contributed by atoms with Gasteiger partial charge in [0.05, 0.1) is 6.10 Å². The molecule has 1 aromatic carbocycles. The van der Waals surface area contributed by atoms with E-state index in [2.05, 4.69) is 5.32 Å². The second-order valence-electron chi connectivity index (χ2n) is 5.85. The van der Waals surface area contributed by atoms with E-state index in [9.17, 15) is 14.7 Å². The van der Waals surface area contributed by atoms with Crippen molar-refractivity contribution in [3.63, 3.8) is 0 Å². The monoisotopic (exact) mass is 304 g/mol. The lowest BCUT2D eigenvalue weighted by Gasteiger charge is -2.33. The Morgan fingerprint density at radius 1 is 1.36 bits per heavy atom. The average Bonchev–Trinajstić information content (AvgIpc) is 2.54. The van der Waals surface area contributed by atoms with Crippen LogP contribution in [0.2, 0.25) is 0 Å². The molecule has 120 valence electrons. The molecule has 1 aliphatic rings. The lowest BCUT2D eigenvalue weighted by Crippen LogP contribution is -2.40. The first-order valence-corrected chi connectivity index (χ1v) is 7.88. The van der Waals surface area contributed by atoms with Crippen LogP contribution in [0.15, 0.2) is 24.3 Å². The second-order valence-corrected chi connectivity index (χ2v) is 5.85. The molecule has 5 nitrogen and oxygen atoms in total. The second kappa shape index (κ2) is 7.40. The van der Waals surface area contributed by atoms with E-state index in [4.69, 9.17) is 0 Å². The van der Waals surface area contributed by atoms with Gasteiger partial charge >= 0.3 is 0 Å². The third-order valence-electron chi connectivity index (χ3n) is 4.22. The van der Waals surface area contributed by atoms with Gasteiger partial charge in [0, 0.05) is 30.8 Å². The summed E-state index contributed by atoms with van der Waals surface area (Å²) in [7, 11) is 0. The molecule has 22 heavy (non-hydrogen) atoms. The van der Waals surface area contributed by atoms with Crippen LogP contribution in [0.25, 0.3) is 0 Å². The molecule has 1 atom stereocenters. The van der Waals surface area contributed by atoms with Crippen molar-refractivity contribution in [2.45, 2.75) is 39.2 Å². The van der Waals surface area contributed by atoms with Crippen molar-refractivity contribution in [2.75, 3.05) is 18.4 Å². The number of amides is 2. The third kappa shape index (κ3) is 4.07. The van der Waals surface area contributed by atoms with Gasteiger partial charge in [0.1, 0.15) is 0 Å².